The summed E-state index contributed by atoms with van der Waals surface area (Å²) in [5, 5.41) is 18.8. The molecule has 1 aromatic carbocycles. The number of alkyl halides is 2. The van der Waals surface area contributed by atoms with Gasteiger partial charge in [-0.3, -0.25) is 9.78 Å². The van der Waals surface area contributed by atoms with Crippen molar-refractivity contribution in [2.45, 2.75) is 73.8 Å². The fourth-order valence-electron chi connectivity index (χ4n) is 7.36. The molecule has 42 heavy (non-hydrogen) atoms. The number of fused-ring (bicyclic) bond motifs is 1. The smallest absolute Gasteiger partial charge is 0.319 e. The monoisotopic (exact) mass is 573 g/mol. The summed E-state index contributed by atoms with van der Waals surface area (Å²) in [6, 6.07) is 11.6. The highest BCUT2D eigenvalue weighted by Gasteiger charge is 2.78. The zero-order valence-electron chi connectivity index (χ0n) is 25.8. The van der Waals surface area contributed by atoms with Gasteiger partial charge in [0.2, 0.25) is 0 Å². The fraction of sp³-hybridized carbons (Fsp3) is 0.486. The van der Waals surface area contributed by atoms with Gasteiger partial charge in [0.1, 0.15) is 17.6 Å². The third-order valence-corrected chi connectivity index (χ3v) is 9.42. The van der Waals surface area contributed by atoms with Crippen molar-refractivity contribution < 1.29 is 18.3 Å². The quantitative estimate of drug-likeness (QED) is 0.278. The van der Waals surface area contributed by atoms with Gasteiger partial charge in [-0.1, -0.05) is 78.0 Å². The molecule has 7 heteroatoms. The summed E-state index contributed by atoms with van der Waals surface area (Å²) in [5.41, 5.74) is 0.277. The maximum absolute atomic E-state index is 16.0. The molecule has 1 aliphatic heterocycles. The Morgan fingerprint density at radius 2 is 1.90 bits per heavy atom. The number of rotatable bonds is 6. The van der Waals surface area contributed by atoms with Crippen molar-refractivity contribution in [3.63, 3.8) is 0 Å². The highest BCUT2D eigenvalue weighted by atomic mass is 19.3. The largest absolute Gasteiger partial charge is 0.461 e. The van der Waals surface area contributed by atoms with Crippen molar-refractivity contribution >= 4 is 17.8 Å². The Morgan fingerprint density at radius 3 is 2.48 bits per heavy atom. The second kappa shape index (κ2) is 10.9. The fourth-order valence-corrected chi connectivity index (χ4v) is 7.36. The Morgan fingerprint density at radius 1 is 1.21 bits per heavy atom. The molecule has 4 rings (SSSR count). The molecule has 222 valence electrons. The van der Waals surface area contributed by atoms with Gasteiger partial charge in [-0.05, 0) is 54.9 Å². The van der Waals surface area contributed by atoms with Crippen molar-refractivity contribution in [2.24, 2.45) is 34.0 Å². The molecule has 5 atom stereocenters. The number of allylic oxidation sites excluding steroid dienone is 3. The first-order chi connectivity index (χ1) is 19.5. The molecule has 0 bridgehead atoms. The van der Waals surface area contributed by atoms with Crippen LogP contribution in [0.2, 0.25) is 0 Å². The molecular formula is C35H41F2N3O2. The van der Waals surface area contributed by atoms with Gasteiger partial charge in [0.05, 0.1) is 11.3 Å². The number of ether oxygens (including phenoxy) is 1. The van der Waals surface area contributed by atoms with Crippen LogP contribution in [0, 0.1) is 57.7 Å². The van der Waals surface area contributed by atoms with Gasteiger partial charge in [0.15, 0.2) is 0 Å². The molecule has 2 aliphatic rings. The lowest BCUT2D eigenvalue weighted by Crippen LogP contribution is -2.65. The number of aryl methyl sites for hydroxylation is 1. The number of nitrogens with zero attached hydrogens (tertiary/aromatic N) is 2. The standard InChI is InChI=1S/C35H41F2N3O2/c1-21(2)35-24(5)42-31(41)33(35,30(39)16-17-32(6,7)8)20-34(36,37)23(4)29(35)15-14-26-13-12-25(19-40-26)27-11-9-10-22(3)28(27)18-38/h9-17,19,21,23-24,29,39H,20H2,1-8H3/b15-14+,17-16+,39-30?/t23-,24+,29-,33+,35-/m0/s1. The van der Waals surface area contributed by atoms with E-state index in [2.05, 4.69) is 11.1 Å². The van der Waals surface area contributed by atoms with Crippen LogP contribution in [0.25, 0.3) is 17.2 Å². The van der Waals surface area contributed by atoms with E-state index in [0.29, 0.717) is 11.3 Å². The molecule has 1 saturated heterocycles. The molecule has 1 aromatic heterocycles. The van der Waals surface area contributed by atoms with Crippen LogP contribution >= 0.6 is 0 Å². The molecule has 5 nitrogen and oxygen atoms in total. The van der Waals surface area contributed by atoms with Gasteiger partial charge in [0.25, 0.3) is 5.92 Å². The van der Waals surface area contributed by atoms with E-state index in [9.17, 15) is 10.1 Å². The number of nitriles is 1. The van der Waals surface area contributed by atoms with Crippen LogP contribution in [-0.4, -0.2) is 28.7 Å². The number of benzene rings is 1. The number of carbonyl (C=O) groups is 1. The van der Waals surface area contributed by atoms with Crippen LogP contribution in [0.5, 0.6) is 0 Å². The number of pyridine rings is 1. The SMILES string of the molecule is Cc1cccc(-c2ccc(/C=C/[C@H]3[C@H](C)C(F)(F)C[C@@]4(C(=N)/C=C/C(C)(C)C)C(=O)O[C@H](C)[C@@]34C(C)C)nc2)c1C#N. The minimum absolute atomic E-state index is 0.126. The first-order valence-electron chi connectivity index (χ1n) is 14.5. The summed E-state index contributed by atoms with van der Waals surface area (Å²) in [7, 11) is 0. The average Bonchev–Trinajstić information content (AvgIpc) is 3.13. The average molecular weight is 574 g/mol. The zero-order valence-corrected chi connectivity index (χ0v) is 25.8. The number of halogens is 2. The van der Waals surface area contributed by atoms with E-state index in [1.807, 2.05) is 65.8 Å². The minimum atomic E-state index is -3.21. The van der Waals surface area contributed by atoms with Gasteiger partial charge < -0.3 is 10.1 Å². The van der Waals surface area contributed by atoms with Crippen LogP contribution in [-0.2, 0) is 9.53 Å². The van der Waals surface area contributed by atoms with E-state index in [0.717, 1.165) is 16.7 Å². The van der Waals surface area contributed by atoms with Crippen LogP contribution in [0.3, 0.4) is 0 Å². The minimum Gasteiger partial charge on any atom is -0.461 e. The van der Waals surface area contributed by atoms with Crippen LogP contribution in [0.4, 0.5) is 8.78 Å². The maximum atomic E-state index is 16.0. The summed E-state index contributed by atoms with van der Waals surface area (Å²) in [6.45, 7) is 14.9. The third-order valence-electron chi connectivity index (χ3n) is 9.42. The van der Waals surface area contributed by atoms with E-state index in [1.165, 1.54) is 13.0 Å². The number of esters is 1. The number of nitrogens with one attached hydrogen (secondary N) is 1. The second-order valence-electron chi connectivity index (χ2n) is 13.3. The molecule has 0 spiro atoms. The molecule has 1 N–H and O–H groups in total. The Kier molecular flexibility index (Phi) is 8.10. The number of hydrogen-bond donors (Lipinski definition) is 1. The Bertz CT molecular complexity index is 1480. The van der Waals surface area contributed by atoms with Crippen molar-refractivity contribution in [1.29, 1.82) is 10.7 Å². The van der Waals surface area contributed by atoms with Crippen molar-refractivity contribution in [3.05, 3.63) is 71.6 Å². The van der Waals surface area contributed by atoms with Crippen molar-refractivity contribution in [1.82, 2.24) is 4.98 Å². The summed E-state index contributed by atoms with van der Waals surface area (Å²) in [6.07, 6.45) is 7.05. The molecule has 1 saturated carbocycles. The Balaban J connectivity index is 1.82. The maximum Gasteiger partial charge on any atom is 0.319 e. The first kappa shape index (κ1) is 31.3. The number of hydrogen-bond acceptors (Lipinski definition) is 5. The first-order valence-corrected chi connectivity index (χ1v) is 14.5. The van der Waals surface area contributed by atoms with E-state index in [-0.39, 0.29) is 17.0 Å². The lowest BCUT2D eigenvalue weighted by molar-refractivity contribution is -0.189. The van der Waals surface area contributed by atoms with Gasteiger partial charge in [-0.2, -0.15) is 5.26 Å². The van der Waals surface area contributed by atoms with Crippen LogP contribution in [0.1, 0.15) is 71.7 Å². The molecule has 2 aromatic rings. The van der Waals surface area contributed by atoms with Gasteiger partial charge in [-0.15, -0.1) is 0 Å². The van der Waals surface area contributed by atoms with Gasteiger partial charge in [-0.25, -0.2) is 8.78 Å². The molecule has 0 unspecified atom stereocenters. The Labute approximate surface area is 248 Å². The second-order valence-corrected chi connectivity index (χ2v) is 13.3. The highest BCUT2D eigenvalue weighted by molar-refractivity contribution is 6.13. The van der Waals surface area contributed by atoms with Gasteiger partial charge >= 0.3 is 5.97 Å². The number of cyclic esters (lactones) is 1. The zero-order chi connectivity index (χ0) is 31.3. The summed E-state index contributed by atoms with van der Waals surface area (Å²) < 4.78 is 37.8. The molecule has 2 fully saturated rings. The number of carbonyl (C=O) groups excluding carboxylic acids is 1. The van der Waals surface area contributed by atoms with Crippen molar-refractivity contribution in [3.8, 4) is 17.2 Å². The summed E-state index contributed by atoms with van der Waals surface area (Å²) in [4.78, 5) is 18.3. The van der Waals surface area contributed by atoms with E-state index in [4.69, 9.17) is 10.1 Å². The Hall–Kier alpha value is -3.66. The lowest BCUT2D eigenvalue weighted by Gasteiger charge is -2.58. The van der Waals surface area contributed by atoms with E-state index in [1.54, 1.807) is 37.4 Å². The molecule has 0 radical (unpaired) electrons. The van der Waals surface area contributed by atoms with Crippen molar-refractivity contribution in [2.75, 3.05) is 0 Å². The van der Waals surface area contributed by atoms with E-state index < -0.39 is 47.1 Å². The summed E-state index contributed by atoms with van der Waals surface area (Å²) in [5.74, 6) is -6.10. The molecule has 0 amide bonds. The summed E-state index contributed by atoms with van der Waals surface area (Å²) >= 11 is 0. The van der Waals surface area contributed by atoms with Crippen LogP contribution in [0.15, 0.2) is 54.8 Å². The number of aromatic nitrogens is 1. The predicted octanol–water partition coefficient (Wildman–Crippen LogP) is 8.43. The topological polar surface area (TPSA) is 86.8 Å². The van der Waals surface area contributed by atoms with E-state index >= 15 is 8.78 Å². The van der Waals surface area contributed by atoms with Gasteiger partial charge in [0, 0.05) is 40.8 Å². The molecule has 2 heterocycles. The predicted molar refractivity (Wildman–Crippen MR) is 162 cm³/mol. The highest BCUT2D eigenvalue weighted by Crippen LogP contribution is 2.69. The third kappa shape index (κ3) is 4.89. The van der Waals surface area contributed by atoms with Crippen LogP contribution < -0.4 is 0 Å². The normalized spacial score (nSPS) is 29.1. The molecular weight excluding hydrogens is 532 g/mol. The molecule has 1 aliphatic carbocycles. The lowest BCUT2D eigenvalue weighted by atomic mass is 9.42.